The molecular formula is C18H24N2O. The minimum atomic E-state index is -0.107. The van der Waals surface area contributed by atoms with Crippen molar-refractivity contribution < 1.29 is 4.42 Å². The highest BCUT2D eigenvalue weighted by atomic mass is 16.4. The SMILES string of the molecule is CC1(C)C=Cc2nc(C3(C)CC4(CCC4)CN3)oc2C=C1. The van der Waals surface area contributed by atoms with Crippen LogP contribution in [0.5, 0.6) is 0 Å². The topological polar surface area (TPSA) is 38.1 Å². The summed E-state index contributed by atoms with van der Waals surface area (Å²) in [4.78, 5) is 4.79. The number of hydrogen-bond acceptors (Lipinski definition) is 3. The van der Waals surface area contributed by atoms with E-state index in [1.165, 1.54) is 19.3 Å². The van der Waals surface area contributed by atoms with E-state index in [0.717, 1.165) is 30.3 Å². The quantitative estimate of drug-likeness (QED) is 0.843. The molecule has 3 aliphatic rings. The molecule has 2 aliphatic carbocycles. The molecule has 21 heavy (non-hydrogen) atoms. The minimum absolute atomic E-state index is 0.0644. The molecule has 1 saturated carbocycles. The van der Waals surface area contributed by atoms with Gasteiger partial charge in [-0.2, -0.15) is 0 Å². The Kier molecular flexibility index (Phi) is 2.60. The third-order valence-corrected chi connectivity index (χ3v) is 5.48. The molecule has 1 aromatic heterocycles. The second kappa shape index (κ2) is 4.10. The maximum absolute atomic E-state index is 6.12. The van der Waals surface area contributed by atoms with Crippen LogP contribution in [0.1, 0.15) is 63.8 Å². The van der Waals surface area contributed by atoms with Crippen LogP contribution in [0.4, 0.5) is 0 Å². The van der Waals surface area contributed by atoms with Gasteiger partial charge in [-0.15, -0.1) is 0 Å². The molecule has 3 nitrogen and oxygen atoms in total. The Morgan fingerprint density at radius 3 is 2.57 bits per heavy atom. The zero-order chi connectivity index (χ0) is 14.7. The van der Waals surface area contributed by atoms with Gasteiger partial charge in [0.2, 0.25) is 5.89 Å². The maximum atomic E-state index is 6.12. The molecule has 2 heterocycles. The number of oxazole rings is 1. The lowest BCUT2D eigenvalue weighted by atomic mass is 9.66. The molecule has 112 valence electrons. The zero-order valence-corrected chi connectivity index (χ0v) is 13.2. The summed E-state index contributed by atoms with van der Waals surface area (Å²) in [5, 5.41) is 3.68. The third kappa shape index (κ3) is 2.10. The fraction of sp³-hybridized carbons (Fsp3) is 0.611. The lowest BCUT2D eigenvalue weighted by Gasteiger charge is -2.38. The summed E-state index contributed by atoms with van der Waals surface area (Å²) in [5.41, 5.74) is 1.43. The number of hydrogen-bond donors (Lipinski definition) is 1. The van der Waals surface area contributed by atoms with E-state index in [9.17, 15) is 0 Å². The number of fused-ring (bicyclic) bond motifs is 1. The van der Waals surface area contributed by atoms with Gasteiger partial charge in [-0.3, -0.25) is 0 Å². The van der Waals surface area contributed by atoms with Crippen molar-refractivity contribution in [2.45, 2.75) is 52.0 Å². The highest BCUT2D eigenvalue weighted by molar-refractivity contribution is 5.62. The Bertz CT molecular complexity index is 600. The second-order valence-corrected chi connectivity index (χ2v) is 7.97. The van der Waals surface area contributed by atoms with Crippen molar-refractivity contribution >= 4 is 12.2 Å². The summed E-state index contributed by atoms with van der Waals surface area (Å²) in [5.74, 6) is 1.75. The number of nitrogens with zero attached hydrogens (tertiary/aromatic N) is 1. The first-order chi connectivity index (χ1) is 9.90. The molecule has 0 bridgehead atoms. The smallest absolute Gasteiger partial charge is 0.215 e. The number of aromatic nitrogens is 1. The van der Waals surface area contributed by atoms with Crippen molar-refractivity contribution in [1.29, 1.82) is 0 Å². The first kappa shape index (κ1) is 13.3. The standard InChI is InChI=1S/C18H24N2O/c1-16(2)9-5-13-14(6-10-16)21-15(20-13)17(3)11-18(12-19-17)7-4-8-18/h5-6,9-10,19H,4,7-8,11-12H2,1-3H3. The molecule has 2 fully saturated rings. The predicted molar refractivity (Wildman–Crippen MR) is 84.6 cm³/mol. The molecule has 0 aromatic carbocycles. The lowest BCUT2D eigenvalue weighted by molar-refractivity contribution is 0.144. The van der Waals surface area contributed by atoms with Crippen LogP contribution in [0.3, 0.4) is 0 Å². The maximum Gasteiger partial charge on any atom is 0.215 e. The summed E-state index contributed by atoms with van der Waals surface area (Å²) in [7, 11) is 0. The van der Waals surface area contributed by atoms with E-state index < -0.39 is 0 Å². The molecule has 1 saturated heterocycles. The van der Waals surface area contributed by atoms with Gasteiger partial charge in [0.1, 0.15) is 5.69 Å². The summed E-state index contributed by atoms with van der Waals surface area (Å²) in [6.07, 6.45) is 13.8. The molecule has 3 heteroatoms. The van der Waals surface area contributed by atoms with Gasteiger partial charge in [-0.05, 0) is 43.8 Å². The molecule has 1 aromatic rings. The number of nitrogens with one attached hydrogen (secondary N) is 1. The van der Waals surface area contributed by atoms with Gasteiger partial charge >= 0.3 is 0 Å². The molecule has 1 aliphatic heterocycles. The fourth-order valence-electron chi connectivity index (χ4n) is 3.90. The van der Waals surface area contributed by atoms with E-state index in [0.29, 0.717) is 5.41 Å². The molecule has 1 N–H and O–H groups in total. The first-order valence-electron chi connectivity index (χ1n) is 8.05. The summed E-state index contributed by atoms with van der Waals surface area (Å²) in [6.45, 7) is 7.72. The first-order valence-corrected chi connectivity index (χ1v) is 8.05. The largest absolute Gasteiger partial charge is 0.439 e. The van der Waals surface area contributed by atoms with Crippen molar-refractivity contribution in [3.05, 3.63) is 29.5 Å². The van der Waals surface area contributed by atoms with E-state index in [1.54, 1.807) is 0 Å². The van der Waals surface area contributed by atoms with Crippen LogP contribution in [0, 0.1) is 10.8 Å². The van der Waals surface area contributed by atoms with E-state index in [4.69, 9.17) is 9.40 Å². The Labute approximate surface area is 126 Å². The monoisotopic (exact) mass is 284 g/mol. The van der Waals surface area contributed by atoms with Crippen LogP contribution >= 0.6 is 0 Å². The summed E-state index contributed by atoms with van der Waals surface area (Å²) in [6, 6.07) is 0. The molecule has 1 spiro atoms. The van der Waals surface area contributed by atoms with Gasteiger partial charge in [0.25, 0.3) is 0 Å². The normalized spacial score (nSPS) is 32.0. The van der Waals surface area contributed by atoms with Gasteiger partial charge < -0.3 is 9.73 Å². The van der Waals surface area contributed by atoms with E-state index in [2.05, 4.69) is 50.4 Å². The summed E-state index contributed by atoms with van der Waals surface area (Å²) < 4.78 is 6.12. The van der Waals surface area contributed by atoms with Crippen LogP contribution in [0.25, 0.3) is 12.2 Å². The van der Waals surface area contributed by atoms with Crippen LogP contribution < -0.4 is 5.32 Å². The number of rotatable bonds is 1. The second-order valence-electron chi connectivity index (χ2n) is 7.97. The highest BCUT2D eigenvalue weighted by Crippen LogP contribution is 2.52. The summed E-state index contributed by atoms with van der Waals surface area (Å²) >= 11 is 0. The average molecular weight is 284 g/mol. The van der Waals surface area contributed by atoms with Crippen molar-refractivity contribution in [2.24, 2.45) is 10.8 Å². The van der Waals surface area contributed by atoms with Crippen molar-refractivity contribution in [2.75, 3.05) is 6.54 Å². The number of allylic oxidation sites excluding steroid dienone is 2. The van der Waals surface area contributed by atoms with E-state index in [1.807, 2.05) is 0 Å². The lowest BCUT2D eigenvalue weighted by Crippen LogP contribution is -2.33. The van der Waals surface area contributed by atoms with Gasteiger partial charge in [-0.25, -0.2) is 4.98 Å². The van der Waals surface area contributed by atoms with Crippen LogP contribution in [0.15, 0.2) is 16.6 Å². The molecule has 4 rings (SSSR count). The van der Waals surface area contributed by atoms with Gasteiger partial charge in [0, 0.05) is 12.0 Å². The average Bonchev–Trinajstić information content (AvgIpc) is 2.93. The molecule has 1 atom stereocenters. The van der Waals surface area contributed by atoms with Crippen molar-refractivity contribution in [1.82, 2.24) is 10.3 Å². The van der Waals surface area contributed by atoms with Crippen LogP contribution in [0.2, 0.25) is 0 Å². The zero-order valence-electron chi connectivity index (χ0n) is 13.2. The molecule has 0 radical (unpaired) electrons. The Morgan fingerprint density at radius 2 is 1.90 bits per heavy atom. The van der Waals surface area contributed by atoms with Crippen molar-refractivity contribution in [3.8, 4) is 0 Å². The third-order valence-electron chi connectivity index (χ3n) is 5.48. The fourth-order valence-corrected chi connectivity index (χ4v) is 3.90. The molecule has 0 amide bonds. The van der Waals surface area contributed by atoms with E-state index >= 15 is 0 Å². The predicted octanol–water partition coefficient (Wildman–Crippen LogP) is 4.12. The van der Waals surface area contributed by atoms with Crippen LogP contribution in [-0.2, 0) is 5.54 Å². The van der Waals surface area contributed by atoms with Gasteiger partial charge in [-0.1, -0.05) is 32.4 Å². The highest BCUT2D eigenvalue weighted by Gasteiger charge is 2.51. The van der Waals surface area contributed by atoms with Gasteiger partial charge in [0.05, 0.1) is 5.54 Å². The van der Waals surface area contributed by atoms with Crippen LogP contribution in [-0.4, -0.2) is 11.5 Å². The van der Waals surface area contributed by atoms with Gasteiger partial charge in [0.15, 0.2) is 5.76 Å². The van der Waals surface area contributed by atoms with Crippen molar-refractivity contribution in [3.63, 3.8) is 0 Å². The Morgan fingerprint density at radius 1 is 1.14 bits per heavy atom. The van der Waals surface area contributed by atoms with E-state index in [-0.39, 0.29) is 11.0 Å². The molecular weight excluding hydrogens is 260 g/mol. The minimum Gasteiger partial charge on any atom is -0.439 e. The Hall–Kier alpha value is -1.35. The molecule has 1 unspecified atom stereocenters. The Balaban J connectivity index is 1.66.